The van der Waals surface area contributed by atoms with Gasteiger partial charge in [0.25, 0.3) is 0 Å². The molecular weight excluding hydrogens is 470 g/mol. The van der Waals surface area contributed by atoms with Crippen molar-refractivity contribution in [2.45, 2.75) is 50.9 Å². The highest BCUT2D eigenvalue weighted by molar-refractivity contribution is 6.22. The van der Waals surface area contributed by atoms with Gasteiger partial charge in [0.1, 0.15) is 5.78 Å². The highest BCUT2D eigenvalue weighted by atomic mass is 16.2. The van der Waals surface area contributed by atoms with Gasteiger partial charge in [0.05, 0.1) is 13.1 Å². The second kappa shape index (κ2) is 13.7. The topological polar surface area (TPSA) is 180 Å². The number of rotatable bonds is 14. The monoisotopic (exact) mass is 501 g/mol. The Morgan fingerprint density at radius 2 is 1.33 bits per heavy atom. The lowest BCUT2D eigenvalue weighted by atomic mass is 9.73. The van der Waals surface area contributed by atoms with Crippen LogP contribution in [0.3, 0.4) is 0 Å². The molecular formula is C24H31N5O7. The summed E-state index contributed by atoms with van der Waals surface area (Å²) in [4.78, 5) is 83.1. The Morgan fingerprint density at radius 1 is 0.750 bits per heavy atom. The number of urea groups is 1. The van der Waals surface area contributed by atoms with E-state index in [1.165, 1.54) is 6.92 Å². The minimum absolute atomic E-state index is 0.0563. The first kappa shape index (κ1) is 28.1. The van der Waals surface area contributed by atoms with E-state index in [4.69, 9.17) is 0 Å². The fourth-order valence-corrected chi connectivity index (χ4v) is 3.71. The number of benzene rings is 1. The zero-order valence-electron chi connectivity index (χ0n) is 20.1. The molecule has 194 valence electrons. The van der Waals surface area contributed by atoms with E-state index in [1.807, 2.05) is 0 Å². The number of imide groups is 2. The maximum absolute atomic E-state index is 12.7. The number of unbranched alkanes of at least 4 members (excludes halogenated alkanes) is 2. The van der Waals surface area contributed by atoms with Gasteiger partial charge in [0.15, 0.2) is 5.41 Å². The van der Waals surface area contributed by atoms with Crippen LogP contribution >= 0.6 is 0 Å². The van der Waals surface area contributed by atoms with Crippen LogP contribution in [0, 0.1) is 0 Å². The average molecular weight is 502 g/mol. The van der Waals surface area contributed by atoms with Gasteiger partial charge in [-0.1, -0.05) is 43.2 Å². The Morgan fingerprint density at radius 3 is 1.94 bits per heavy atom. The lowest BCUT2D eigenvalue weighted by Crippen LogP contribution is -2.64. The van der Waals surface area contributed by atoms with E-state index in [9.17, 15) is 33.6 Å². The molecule has 1 fully saturated rings. The fourth-order valence-electron chi connectivity index (χ4n) is 3.71. The van der Waals surface area contributed by atoms with E-state index in [-0.39, 0.29) is 50.6 Å². The zero-order chi connectivity index (χ0) is 26.6. The first-order valence-electron chi connectivity index (χ1n) is 11.7. The normalized spacial score (nSPS) is 14.3. The molecule has 0 unspecified atom stereocenters. The quantitative estimate of drug-likeness (QED) is 0.169. The van der Waals surface area contributed by atoms with Crippen LogP contribution in [-0.4, -0.2) is 61.0 Å². The molecule has 0 saturated carbocycles. The van der Waals surface area contributed by atoms with Gasteiger partial charge in [-0.15, -0.1) is 0 Å². The second-order valence-electron chi connectivity index (χ2n) is 8.42. The van der Waals surface area contributed by atoms with Crippen molar-refractivity contribution < 1.29 is 33.6 Å². The zero-order valence-corrected chi connectivity index (χ0v) is 20.1. The molecule has 0 atom stereocenters. The predicted molar refractivity (Wildman–Crippen MR) is 127 cm³/mol. The first-order valence-corrected chi connectivity index (χ1v) is 11.7. The van der Waals surface area contributed by atoms with Crippen LogP contribution in [0.5, 0.6) is 0 Å². The van der Waals surface area contributed by atoms with Crippen LogP contribution in [0.15, 0.2) is 30.3 Å². The van der Waals surface area contributed by atoms with Crippen molar-refractivity contribution >= 4 is 41.4 Å². The van der Waals surface area contributed by atoms with Gasteiger partial charge in [-0.3, -0.25) is 39.4 Å². The summed E-state index contributed by atoms with van der Waals surface area (Å²) >= 11 is 0. The number of hydrogen-bond donors (Lipinski definition) is 5. The van der Waals surface area contributed by atoms with Gasteiger partial charge in [0, 0.05) is 19.4 Å². The molecule has 1 aliphatic heterocycles. The third kappa shape index (κ3) is 8.29. The summed E-state index contributed by atoms with van der Waals surface area (Å²) in [6.45, 7) is 1.06. The second-order valence-corrected chi connectivity index (χ2v) is 8.42. The Bertz CT molecular complexity index is 989. The van der Waals surface area contributed by atoms with Gasteiger partial charge in [-0.25, -0.2) is 4.79 Å². The Hall–Kier alpha value is -4.09. The van der Waals surface area contributed by atoms with Gasteiger partial charge >= 0.3 is 6.03 Å². The summed E-state index contributed by atoms with van der Waals surface area (Å²) in [5.41, 5.74) is -1.06. The number of barbiturate groups is 1. The third-order valence-corrected chi connectivity index (χ3v) is 5.64. The number of carbonyl (C=O) groups excluding carboxylic acids is 7. The van der Waals surface area contributed by atoms with Crippen molar-refractivity contribution in [3.05, 3.63) is 35.9 Å². The molecule has 1 aliphatic rings. The molecule has 1 aromatic carbocycles. The molecule has 1 heterocycles. The van der Waals surface area contributed by atoms with Gasteiger partial charge in [-0.2, -0.15) is 0 Å². The lowest BCUT2D eigenvalue weighted by Gasteiger charge is -2.34. The number of nitrogens with one attached hydrogen (secondary N) is 5. The number of amides is 7. The van der Waals surface area contributed by atoms with E-state index in [0.717, 1.165) is 0 Å². The summed E-state index contributed by atoms with van der Waals surface area (Å²) < 4.78 is 0. The number of carbonyl (C=O) groups is 7. The van der Waals surface area contributed by atoms with E-state index in [0.29, 0.717) is 24.8 Å². The highest BCUT2D eigenvalue weighted by Crippen LogP contribution is 2.33. The van der Waals surface area contributed by atoms with E-state index in [1.54, 1.807) is 30.3 Å². The molecule has 0 spiro atoms. The van der Waals surface area contributed by atoms with Crippen molar-refractivity contribution in [1.29, 1.82) is 0 Å². The molecule has 1 aromatic rings. The Balaban J connectivity index is 1.71. The van der Waals surface area contributed by atoms with Crippen LogP contribution in [0.4, 0.5) is 4.79 Å². The molecule has 5 N–H and O–H groups in total. The standard InChI is InChI=1S/C24H31N5O7/c1-16(30)11-13-25-19(32)14-27-20(33)15-26-18(31)10-6-3-7-12-24(17-8-4-2-5-9-17)21(34)28-23(36)29-22(24)35/h2,4-5,8-9H,3,6-7,10-15H2,1H3,(H,25,32)(H,26,31)(H,27,33)(H2,28,29,34,35,36). The smallest absolute Gasteiger partial charge is 0.328 e. The molecule has 1 saturated heterocycles. The predicted octanol–water partition coefficient (Wildman–Crippen LogP) is -0.431. The Kier molecular flexibility index (Phi) is 10.7. The molecule has 0 radical (unpaired) electrons. The molecule has 7 amide bonds. The molecule has 12 heteroatoms. The summed E-state index contributed by atoms with van der Waals surface area (Å²) in [5.74, 6) is -2.74. The molecule has 0 bridgehead atoms. The van der Waals surface area contributed by atoms with Crippen LogP contribution in [0.1, 0.15) is 51.0 Å². The third-order valence-electron chi connectivity index (χ3n) is 5.64. The van der Waals surface area contributed by atoms with Crippen molar-refractivity contribution in [3.63, 3.8) is 0 Å². The van der Waals surface area contributed by atoms with E-state index < -0.39 is 35.1 Å². The fraction of sp³-hybridized carbons (Fsp3) is 0.458. The van der Waals surface area contributed by atoms with Gasteiger partial charge in [0.2, 0.25) is 29.5 Å². The largest absolute Gasteiger partial charge is 0.354 e. The van der Waals surface area contributed by atoms with Crippen LogP contribution in [0.2, 0.25) is 0 Å². The van der Waals surface area contributed by atoms with Gasteiger partial charge < -0.3 is 16.0 Å². The maximum Gasteiger partial charge on any atom is 0.328 e. The summed E-state index contributed by atoms with van der Waals surface area (Å²) in [6.07, 6.45) is 1.93. The minimum Gasteiger partial charge on any atom is -0.354 e. The summed E-state index contributed by atoms with van der Waals surface area (Å²) in [6, 6.07) is 7.62. The number of hydrogen-bond acceptors (Lipinski definition) is 7. The summed E-state index contributed by atoms with van der Waals surface area (Å²) in [7, 11) is 0. The molecule has 2 rings (SSSR count). The number of Topliss-reactive ketones (excluding diaryl/α,β-unsaturated/α-hetero) is 1. The Labute approximate surface area is 208 Å². The molecule has 12 nitrogen and oxygen atoms in total. The van der Waals surface area contributed by atoms with Crippen LogP contribution < -0.4 is 26.6 Å². The van der Waals surface area contributed by atoms with E-state index >= 15 is 0 Å². The highest BCUT2D eigenvalue weighted by Gasteiger charge is 2.51. The number of ketones is 1. The molecule has 0 aliphatic carbocycles. The molecule has 0 aromatic heterocycles. The van der Waals surface area contributed by atoms with Gasteiger partial charge in [-0.05, 0) is 25.3 Å². The minimum atomic E-state index is -1.53. The van der Waals surface area contributed by atoms with Crippen LogP contribution in [-0.2, 0) is 34.2 Å². The van der Waals surface area contributed by atoms with E-state index in [2.05, 4.69) is 26.6 Å². The first-order chi connectivity index (χ1) is 17.1. The summed E-state index contributed by atoms with van der Waals surface area (Å²) in [5, 5.41) is 11.7. The maximum atomic E-state index is 12.7. The lowest BCUT2D eigenvalue weighted by molar-refractivity contribution is -0.139. The van der Waals surface area contributed by atoms with Crippen molar-refractivity contribution in [2.24, 2.45) is 0 Å². The van der Waals surface area contributed by atoms with Crippen molar-refractivity contribution in [1.82, 2.24) is 26.6 Å². The van der Waals surface area contributed by atoms with Crippen molar-refractivity contribution in [3.8, 4) is 0 Å². The average Bonchev–Trinajstić information content (AvgIpc) is 2.83. The molecule has 36 heavy (non-hydrogen) atoms. The van der Waals surface area contributed by atoms with Crippen molar-refractivity contribution in [2.75, 3.05) is 19.6 Å². The van der Waals surface area contributed by atoms with Crippen LogP contribution in [0.25, 0.3) is 0 Å². The SMILES string of the molecule is CC(=O)CCNC(=O)CNC(=O)CNC(=O)CCCCCC1(c2ccccc2)C(=O)NC(=O)NC1=O.